The van der Waals surface area contributed by atoms with Gasteiger partial charge in [-0.1, -0.05) is 15.9 Å². The number of aliphatic hydroxyl groups is 1. The van der Waals surface area contributed by atoms with Crippen LogP contribution in [0.3, 0.4) is 0 Å². The van der Waals surface area contributed by atoms with Gasteiger partial charge >= 0.3 is 0 Å². The molecule has 1 unspecified atom stereocenters. The summed E-state index contributed by atoms with van der Waals surface area (Å²) in [5.74, 6) is 0.573. The van der Waals surface area contributed by atoms with Gasteiger partial charge in [0.2, 0.25) is 0 Å². The lowest BCUT2D eigenvalue weighted by Gasteiger charge is -2.27. The van der Waals surface area contributed by atoms with Crippen LogP contribution < -0.4 is 10.1 Å². The molecule has 1 aromatic rings. The molecule has 1 atom stereocenters. The molecule has 0 bridgehead atoms. The van der Waals surface area contributed by atoms with Crippen molar-refractivity contribution in [3.8, 4) is 5.75 Å². The molecule has 110 valence electrons. The Hall–Kier alpha value is -1.07. The van der Waals surface area contributed by atoms with E-state index in [0.29, 0.717) is 5.75 Å². The molecule has 0 heterocycles. The van der Waals surface area contributed by atoms with Crippen molar-refractivity contribution >= 4 is 21.8 Å². The van der Waals surface area contributed by atoms with Crippen LogP contribution in [0.2, 0.25) is 0 Å². The molecule has 1 aliphatic carbocycles. The smallest absolute Gasteiger partial charge is 0.260 e. The Bertz CT molecular complexity index is 441. The molecule has 1 aromatic carbocycles. The molecule has 1 fully saturated rings. The summed E-state index contributed by atoms with van der Waals surface area (Å²) < 4.78 is 6.59. The largest absolute Gasteiger partial charge is 0.481 e. The Kier molecular flexibility index (Phi) is 5.43. The minimum Gasteiger partial charge on any atom is -0.481 e. The maximum atomic E-state index is 12.1. The third kappa shape index (κ3) is 4.49. The summed E-state index contributed by atoms with van der Waals surface area (Å²) in [6.45, 7) is 1.75. The van der Waals surface area contributed by atoms with Gasteiger partial charge in [0.25, 0.3) is 5.91 Å². The second-order valence-corrected chi connectivity index (χ2v) is 6.14. The van der Waals surface area contributed by atoms with Gasteiger partial charge in [-0.3, -0.25) is 4.79 Å². The molecular weight excluding hydrogens is 322 g/mol. The molecule has 0 aliphatic heterocycles. The average Bonchev–Trinajstić information content (AvgIpc) is 2.44. The van der Waals surface area contributed by atoms with E-state index in [1.54, 1.807) is 6.92 Å². The fraction of sp³-hybridized carbons (Fsp3) is 0.533. The molecule has 1 aliphatic rings. The number of aliphatic hydroxyl groups excluding tert-OH is 1. The summed E-state index contributed by atoms with van der Waals surface area (Å²) in [5, 5.41) is 12.4. The second kappa shape index (κ2) is 7.09. The monoisotopic (exact) mass is 341 g/mol. The van der Waals surface area contributed by atoms with Gasteiger partial charge in [0.15, 0.2) is 6.10 Å². The molecule has 0 radical (unpaired) electrons. The van der Waals surface area contributed by atoms with E-state index >= 15 is 0 Å². The molecule has 5 heteroatoms. The average molecular weight is 342 g/mol. The molecule has 1 amide bonds. The highest BCUT2D eigenvalue weighted by molar-refractivity contribution is 9.10. The van der Waals surface area contributed by atoms with Crippen LogP contribution in [-0.2, 0) is 4.79 Å². The van der Waals surface area contributed by atoms with E-state index in [4.69, 9.17) is 4.74 Å². The van der Waals surface area contributed by atoms with E-state index in [2.05, 4.69) is 21.2 Å². The van der Waals surface area contributed by atoms with Gasteiger partial charge in [0.1, 0.15) is 5.75 Å². The zero-order chi connectivity index (χ0) is 14.5. The van der Waals surface area contributed by atoms with Gasteiger partial charge in [-0.05, 0) is 56.9 Å². The van der Waals surface area contributed by atoms with Crippen molar-refractivity contribution in [2.75, 3.05) is 0 Å². The minimum absolute atomic E-state index is 0.102. The third-order valence-electron chi connectivity index (χ3n) is 3.54. The van der Waals surface area contributed by atoms with Gasteiger partial charge < -0.3 is 15.2 Å². The maximum absolute atomic E-state index is 12.1. The second-order valence-electron chi connectivity index (χ2n) is 5.23. The maximum Gasteiger partial charge on any atom is 0.260 e. The summed E-state index contributed by atoms with van der Waals surface area (Å²) in [4.78, 5) is 12.1. The van der Waals surface area contributed by atoms with Crippen LogP contribution >= 0.6 is 15.9 Å². The fourth-order valence-corrected chi connectivity index (χ4v) is 2.57. The highest BCUT2D eigenvalue weighted by Crippen LogP contribution is 2.19. The van der Waals surface area contributed by atoms with Crippen LogP contribution in [0.4, 0.5) is 0 Å². The molecule has 2 rings (SSSR count). The summed E-state index contributed by atoms with van der Waals surface area (Å²) >= 11 is 3.36. The number of carbonyl (C=O) groups excluding carboxylic acids is 1. The zero-order valence-corrected chi connectivity index (χ0v) is 13.1. The Morgan fingerprint density at radius 2 is 1.90 bits per heavy atom. The Morgan fingerprint density at radius 1 is 1.30 bits per heavy atom. The lowest BCUT2D eigenvalue weighted by Crippen LogP contribution is -2.44. The highest BCUT2D eigenvalue weighted by Gasteiger charge is 2.23. The number of benzene rings is 1. The molecular formula is C15H20BrNO3. The summed E-state index contributed by atoms with van der Waals surface area (Å²) in [5.41, 5.74) is 0. The highest BCUT2D eigenvalue weighted by atomic mass is 79.9. The Morgan fingerprint density at radius 3 is 2.50 bits per heavy atom. The number of hydrogen-bond donors (Lipinski definition) is 2. The summed E-state index contributed by atoms with van der Waals surface area (Å²) in [6.07, 6.45) is 2.44. The van der Waals surface area contributed by atoms with Crippen LogP contribution in [0, 0.1) is 0 Å². The quantitative estimate of drug-likeness (QED) is 0.884. The Labute approximate surface area is 127 Å². The van der Waals surface area contributed by atoms with Crippen LogP contribution in [0.15, 0.2) is 28.7 Å². The first kappa shape index (κ1) is 15.3. The van der Waals surface area contributed by atoms with Crippen LogP contribution in [-0.4, -0.2) is 29.3 Å². The van der Waals surface area contributed by atoms with Crippen molar-refractivity contribution in [3.63, 3.8) is 0 Å². The molecule has 1 saturated carbocycles. The van der Waals surface area contributed by atoms with E-state index in [1.807, 2.05) is 24.3 Å². The predicted molar refractivity (Wildman–Crippen MR) is 80.6 cm³/mol. The van der Waals surface area contributed by atoms with E-state index in [9.17, 15) is 9.90 Å². The van der Waals surface area contributed by atoms with Crippen LogP contribution in [0.5, 0.6) is 5.75 Å². The van der Waals surface area contributed by atoms with Crippen LogP contribution in [0.25, 0.3) is 0 Å². The van der Waals surface area contributed by atoms with E-state index < -0.39 is 6.10 Å². The topological polar surface area (TPSA) is 58.6 Å². The number of halogens is 1. The van der Waals surface area contributed by atoms with Crippen molar-refractivity contribution in [3.05, 3.63) is 28.7 Å². The van der Waals surface area contributed by atoms with Gasteiger partial charge in [0, 0.05) is 10.5 Å². The first-order valence-corrected chi connectivity index (χ1v) is 7.74. The predicted octanol–water partition coefficient (Wildman–Crippen LogP) is 2.64. The number of ether oxygens (including phenoxy) is 1. The number of nitrogens with one attached hydrogen (secondary N) is 1. The molecule has 20 heavy (non-hydrogen) atoms. The number of amides is 1. The summed E-state index contributed by atoms with van der Waals surface area (Å²) in [7, 11) is 0. The zero-order valence-electron chi connectivity index (χ0n) is 11.5. The van der Waals surface area contributed by atoms with E-state index in [-0.39, 0.29) is 18.1 Å². The number of hydrogen-bond acceptors (Lipinski definition) is 3. The van der Waals surface area contributed by atoms with Gasteiger partial charge in [-0.15, -0.1) is 0 Å². The van der Waals surface area contributed by atoms with Crippen molar-refractivity contribution < 1.29 is 14.6 Å². The van der Waals surface area contributed by atoms with Gasteiger partial charge in [0.05, 0.1) is 6.10 Å². The standard InChI is InChI=1S/C15H20BrNO3/c1-10(20-14-8-2-11(16)3-9-14)15(19)17-12-4-6-13(18)7-5-12/h2-3,8-10,12-13,18H,4-7H2,1H3,(H,17,19). The first-order valence-electron chi connectivity index (χ1n) is 6.95. The molecule has 4 nitrogen and oxygen atoms in total. The number of carbonyl (C=O) groups is 1. The van der Waals surface area contributed by atoms with Crippen molar-refractivity contribution in [2.24, 2.45) is 0 Å². The van der Waals surface area contributed by atoms with Gasteiger partial charge in [-0.2, -0.15) is 0 Å². The van der Waals surface area contributed by atoms with Crippen molar-refractivity contribution in [1.29, 1.82) is 0 Å². The lowest BCUT2D eigenvalue weighted by molar-refractivity contribution is -0.128. The first-order chi connectivity index (χ1) is 9.54. The fourth-order valence-electron chi connectivity index (χ4n) is 2.31. The van der Waals surface area contributed by atoms with Crippen LogP contribution in [0.1, 0.15) is 32.6 Å². The molecule has 0 aromatic heterocycles. The SMILES string of the molecule is CC(Oc1ccc(Br)cc1)C(=O)NC1CCC(O)CC1. The van der Waals surface area contributed by atoms with Crippen molar-refractivity contribution in [2.45, 2.75) is 50.9 Å². The van der Waals surface area contributed by atoms with E-state index in [0.717, 1.165) is 30.2 Å². The van der Waals surface area contributed by atoms with E-state index in [1.165, 1.54) is 0 Å². The Balaban J connectivity index is 1.81. The normalized spacial score (nSPS) is 23.9. The molecule has 0 saturated heterocycles. The lowest BCUT2D eigenvalue weighted by atomic mass is 9.93. The minimum atomic E-state index is -0.525. The summed E-state index contributed by atoms with van der Waals surface area (Å²) in [6, 6.07) is 7.56. The third-order valence-corrected chi connectivity index (χ3v) is 4.07. The van der Waals surface area contributed by atoms with Gasteiger partial charge in [-0.25, -0.2) is 0 Å². The molecule has 2 N–H and O–H groups in total. The number of rotatable bonds is 4. The van der Waals surface area contributed by atoms with Crippen molar-refractivity contribution in [1.82, 2.24) is 5.32 Å². The molecule has 0 spiro atoms.